The van der Waals surface area contributed by atoms with E-state index < -0.39 is 0 Å². The van der Waals surface area contributed by atoms with E-state index >= 15 is 0 Å². The fourth-order valence-electron chi connectivity index (χ4n) is 3.92. The van der Waals surface area contributed by atoms with Crippen LogP contribution in [0.1, 0.15) is 26.7 Å². The summed E-state index contributed by atoms with van der Waals surface area (Å²) >= 11 is 0. The van der Waals surface area contributed by atoms with Gasteiger partial charge in [-0.05, 0) is 30.8 Å². The molecule has 1 saturated heterocycles. The first kappa shape index (κ1) is 11.7. The summed E-state index contributed by atoms with van der Waals surface area (Å²) < 4.78 is 5.40. The summed E-state index contributed by atoms with van der Waals surface area (Å²) in [5.74, 6) is 0.539. The Balaban J connectivity index is 2.00. The van der Waals surface area contributed by atoms with Crippen LogP contribution >= 0.6 is 0 Å². The maximum atomic E-state index is 12.2. The minimum atomic E-state index is -0.379. The van der Waals surface area contributed by atoms with Crippen LogP contribution in [0.5, 0.6) is 0 Å². The van der Waals surface area contributed by atoms with Crippen LogP contribution < -0.4 is 0 Å². The van der Waals surface area contributed by atoms with Crippen molar-refractivity contribution in [3.05, 3.63) is 24.3 Å². The first-order chi connectivity index (χ1) is 8.43. The molecule has 18 heavy (non-hydrogen) atoms. The summed E-state index contributed by atoms with van der Waals surface area (Å²) in [6, 6.07) is 0. The van der Waals surface area contributed by atoms with Crippen LogP contribution in [0.2, 0.25) is 0 Å². The van der Waals surface area contributed by atoms with Crippen molar-refractivity contribution in [1.29, 1.82) is 0 Å². The van der Waals surface area contributed by atoms with Gasteiger partial charge in [0.1, 0.15) is 6.10 Å². The number of fused-ring (bicyclic) bond motifs is 2. The highest BCUT2D eigenvalue weighted by atomic mass is 16.6. The molecule has 3 aliphatic rings. The van der Waals surface area contributed by atoms with E-state index in [1.54, 1.807) is 6.08 Å². The Labute approximate surface area is 107 Å². The molecule has 2 fully saturated rings. The van der Waals surface area contributed by atoms with E-state index in [1.165, 1.54) is 0 Å². The number of carbonyl (C=O) groups is 2. The quantitative estimate of drug-likeness (QED) is 0.486. The van der Waals surface area contributed by atoms with Crippen LogP contribution in [0.4, 0.5) is 0 Å². The molecule has 3 rings (SSSR count). The summed E-state index contributed by atoms with van der Waals surface area (Å²) in [5.41, 5.74) is 0.171. The van der Waals surface area contributed by atoms with E-state index in [4.69, 9.17) is 4.74 Å². The standard InChI is InChI=1S/C15H18O3/c1-8-6-12-10(9(2)14(17)18-12)7-15(3)11(8)4-5-13(15)16/h4-5,8,10-12H,2,6-7H2,1,3H3/t8-,10?,11+,12-,15?/m0/s1. The van der Waals surface area contributed by atoms with Gasteiger partial charge >= 0.3 is 5.97 Å². The van der Waals surface area contributed by atoms with Gasteiger partial charge in [0.2, 0.25) is 0 Å². The van der Waals surface area contributed by atoms with Gasteiger partial charge < -0.3 is 4.74 Å². The number of ether oxygens (including phenoxy) is 1. The molecule has 1 aliphatic heterocycles. The molecule has 0 aromatic heterocycles. The predicted molar refractivity (Wildman–Crippen MR) is 66.7 cm³/mol. The minimum absolute atomic E-state index is 0.0128. The highest BCUT2D eigenvalue weighted by Crippen LogP contribution is 2.52. The highest BCUT2D eigenvalue weighted by molar-refractivity contribution is 5.98. The average Bonchev–Trinajstić information content (AvgIpc) is 2.69. The maximum Gasteiger partial charge on any atom is 0.334 e. The zero-order valence-electron chi connectivity index (χ0n) is 10.8. The summed E-state index contributed by atoms with van der Waals surface area (Å²) in [4.78, 5) is 23.8. The predicted octanol–water partition coefficient (Wildman–Crippen LogP) is 2.28. The second-order valence-corrected chi connectivity index (χ2v) is 6.16. The third kappa shape index (κ3) is 1.36. The number of ketones is 1. The lowest BCUT2D eigenvalue weighted by Crippen LogP contribution is -2.33. The van der Waals surface area contributed by atoms with E-state index in [9.17, 15) is 9.59 Å². The van der Waals surface area contributed by atoms with Gasteiger partial charge in [-0.25, -0.2) is 4.79 Å². The van der Waals surface area contributed by atoms with Crippen molar-refractivity contribution in [1.82, 2.24) is 0 Å². The number of rotatable bonds is 0. The molecular weight excluding hydrogens is 228 g/mol. The lowest BCUT2D eigenvalue weighted by Gasteiger charge is -2.32. The van der Waals surface area contributed by atoms with Gasteiger partial charge in [0.15, 0.2) is 5.78 Å². The molecule has 1 saturated carbocycles. The topological polar surface area (TPSA) is 43.4 Å². The fourth-order valence-corrected chi connectivity index (χ4v) is 3.92. The zero-order chi connectivity index (χ0) is 13.1. The summed E-state index contributed by atoms with van der Waals surface area (Å²) in [7, 11) is 0. The Morgan fingerprint density at radius 2 is 2.17 bits per heavy atom. The third-order valence-electron chi connectivity index (χ3n) is 5.03. The molecule has 2 aliphatic carbocycles. The maximum absolute atomic E-state index is 12.2. The Hall–Kier alpha value is -1.38. The number of hydrogen-bond donors (Lipinski definition) is 0. The molecule has 0 aromatic carbocycles. The number of esters is 1. The van der Waals surface area contributed by atoms with Crippen molar-refractivity contribution in [3.63, 3.8) is 0 Å². The number of carbonyl (C=O) groups excluding carboxylic acids is 2. The van der Waals surface area contributed by atoms with Crippen molar-refractivity contribution in [2.45, 2.75) is 32.8 Å². The van der Waals surface area contributed by atoms with Crippen LogP contribution in [-0.4, -0.2) is 17.9 Å². The normalized spacial score (nSPS) is 46.7. The van der Waals surface area contributed by atoms with Crippen LogP contribution in [0.15, 0.2) is 24.3 Å². The smallest absolute Gasteiger partial charge is 0.334 e. The van der Waals surface area contributed by atoms with Crippen LogP contribution in [0.3, 0.4) is 0 Å². The zero-order valence-corrected chi connectivity index (χ0v) is 10.8. The first-order valence-corrected chi connectivity index (χ1v) is 6.56. The molecule has 0 spiro atoms. The Bertz CT molecular complexity index is 476. The summed E-state index contributed by atoms with van der Waals surface area (Å²) in [5, 5.41) is 0. The molecule has 0 amide bonds. The number of allylic oxidation sites excluding steroid dienone is 2. The van der Waals surface area contributed by atoms with Crippen LogP contribution in [0.25, 0.3) is 0 Å². The van der Waals surface area contributed by atoms with E-state index in [0.29, 0.717) is 17.9 Å². The van der Waals surface area contributed by atoms with Crippen molar-refractivity contribution in [2.75, 3.05) is 0 Å². The molecule has 1 heterocycles. The lowest BCUT2D eigenvalue weighted by atomic mass is 9.69. The molecule has 2 unspecified atom stereocenters. The van der Waals surface area contributed by atoms with Crippen LogP contribution in [-0.2, 0) is 14.3 Å². The second kappa shape index (κ2) is 3.56. The number of hydrogen-bond acceptors (Lipinski definition) is 3. The van der Waals surface area contributed by atoms with E-state index in [2.05, 4.69) is 13.5 Å². The summed E-state index contributed by atoms with van der Waals surface area (Å²) in [6.07, 6.45) is 5.18. The third-order valence-corrected chi connectivity index (χ3v) is 5.03. The van der Waals surface area contributed by atoms with E-state index in [1.807, 2.05) is 13.0 Å². The largest absolute Gasteiger partial charge is 0.458 e. The van der Waals surface area contributed by atoms with Gasteiger partial charge in [0.05, 0.1) is 0 Å². The molecule has 3 nitrogen and oxygen atoms in total. The van der Waals surface area contributed by atoms with Gasteiger partial charge in [-0.3, -0.25) is 4.79 Å². The molecule has 0 bridgehead atoms. The van der Waals surface area contributed by atoms with Crippen molar-refractivity contribution in [2.24, 2.45) is 23.2 Å². The second-order valence-electron chi connectivity index (χ2n) is 6.16. The van der Waals surface area contributed by atoms with Crippen LogP contribution in [0, 0.1) is 23.2 Å². The van der Waals surface area contributed by atoms with Gasteiger partial charge in [-0.15, -0.1) is 0 Å². The van der Waals surface area contributed by atoms with Crippen molar-refractivity contribution < 1.29 is 14.3 Å². The van der Waals surface area contributed by atoms with Gasteiger partial charge in [0.25, 0.3) is 0 Å². The fraction of sp³-hybridized carbons (Fsp3) is 0.600. The molecular formula is C15H18O3. The molecule has 5 atom stereocenters. The molecule has 0 aromatic rings. The van der Waals surface area contributed by atoms with Gasteiger partial charge in [-0.1, -0.05) is 26.5 Å². The van der Waals surface area contributed by atoms with E-state index in [-0.39, 0.29) is 35.1 Å². The Morgan fingerprint density at radius 1 is 1.44 bits per heavy atom. The van der Waals surface area contributed by atoms with Crippen molar-refractivity contribution >= 4 is 11.8 Å². The first-order valence-electron chi connectivity index (χ1n) is 6.56. The summed E-state index contributed by atoms with van der Waals surface area (Å²) in [6.45, 7) is 8.02. The molecule has 0 N–H and O–H groups in total. The van der Waals surface area contributed by atoms with Crippen molar-refractivity contribution in [3.8, 4) is 0 Å². The van der Waals surface area contributed by atoms with Gasteiger partial charge in [-0.2, -0.15) is 0 Å². The minimum Gasteiger partial charge on any atom is -0.458 e. The SMILES string of the molecule is C=C1C(=O)O[C@H]2C[C@H](C)[C@H]3C=CC(=O)C3(C)CC12. The van der Waals surface area contributed by atoms with E-state index in [0.717, 1.165) is 6.42 Å². The van der Waals surface area contributed by atoms with Gasteiger partial charge in [0, 0.05) is 16.9 Å². The monoisotopic (exact) mass is 246 g/mol. The molecule has 0 radical (unpaired) electrons. The lowest BCUT2D eigenvalue weighted by molar-refractivity contribution is -0.139. The molecule has 3 heteroatoms. The Kier molecular flexibility index (Phi) is 2.31. The average molecular weight is 246 g/mol. The molecule has 96 valence electrons. The Morgan fingerprint density at radius 3 is 2.89 bits per heavy atom. The highest BCUT2D eigenvalue weighted by Gasteiger charge is 2.53.